The predicted octanol–water partition coefficient (Wildman–Crippen LogP) is 6.41. The molecule has 0 aliphatic carbocycles. The van der Waals surface area contributed by atoms with Crippen LogP contribution in [0.5, 0.6) is 0 Å². The Balaban J connectivity index is 0.00000210. The minimum absolute atomic E-state index is 0. The zero-order valence-corrected chi connectivity index (χ0v) is 17.6. The molecule has 0 atom stereocenters. The molecule has 0 amide bonds. The van der Waals surface area contributed by atoms with Gasteiger partial charge in [-0.25, -0.2) is 4.98 Å². The van der Waals surface area contributed by atoms with Gasteiger partial charge in [0.15, 0.2) is 0 Å². The van der Waals surface area contributed by atoms with Crippen molar-refractivity contribution in [1.29, 1.82) is 0 Å². The topological polar surface area (TPSA) is 43.8 Å². The van der Waals surface area contributed by atoms with Crippen LogP contribution in [0, 0.1) is 0 Å². The number of rotatable bonds is 4. The second-order valence-corrected chi connectivity index (χ2v) is 7.02. The quantitative estimate of drug-likeness (QED) is 0.380. The van der Waals surface area contributed by atoms with Crippen LogP contribution in [-0.2, 0) is 13.0 Å². The number of nitrogens with zero attached hydrogens (tertiary/aromatic N) is 2. The van der Waals surface area contributed by atoms with Crippen molar-refractivity contribution >= 4 is 57.2 Å². The lowest BCUT2D eigenvalue weighted by molar-refractivity contribution is 0.726. The molecule has 0 bridgehead atoms. The molecule has 0 fully saturated rings. The molecule has 2 N–H and O–H groups in total. The van der Waals surface area contributed by atoms with E-state index >= 15 is 0 Å². The molecule has 27 heavy (non-hydrogen) atoms. The molecule has 0 spiro atoms. The third-order valence-corrected chi connectivity index (χ3v) is 5.09. The molecule has 0 saturated carbocycles. The van der Waals surface area contributed by atoms with E-state index in [1.54, 1.807) is 6.07 Å². The van der Waals surface area contributed by atoms with E-state index in [2.05, 4.69) is 29.2 Å². The van der Waals surface area contributed by atoms with Crippen LogP contribution in [0.4, 0.5) is 5.95 Å². The van der Waals surface area contributed by atoms with E-state index in [-0.39, 0.29) is 17.0 Å². The minimum atomic E-state index is 0. The number of halogens is 3. The van der Waals surface area contributed by atoms with Crippen molar-refractivity contribution in [3.63, 3.8) is 0 Å². The number of nitrogen functional groups attached to an aromatic ring is 1. The zero-order valence-electron chi connectivity index (χ0n) is 14.4. The van der Waals surface area contributed by atoms with Gasteiger partial charge in [0.25, 0.3) is 0 Å². The Hall–Kier alpha value is -2.01. The number of aromatic nitrogens is 2. The molecule has 0 aliphatic rings. The Morgan fingerprint density at radius 3 is 2.41 bits per heavy atom. The van der Waals surface area contributed by atoms with Crippen molar-refractivity contribution in [2.45, 2.75) is 13.0 Å². The molecular formula is C21H18BrCl2N3. The summed E-state index contributed by atoms with van der Waals surface area (Å²) < 4.78 is 2.03. The number of fused-ring (bicyclic) bond motifs is 1. The molecule has 3 nitrogen and oxygen atoms in total. The van der Waals surface area contributed by atoms with Gasteiger partial charge in [-0.2, -0.15) is 0 Å². The van der Waals surface area contributed by atoms with Gasteiger partial charge >= 0.3 is 0 Å². The van der Waals surface area contributed by atoms with Crippen LogP contribution in [0.2, 0.25) is 10.0 Å². The van der Waals surface area contributed by atoms with Crippen molar-refractivity contribution in [3.05, 3.63) is 82.3 Å². The van der Waals surface area contributed by atoms with Gasteiger partial charge < -0.3 is 10.3 Å². The fourth-order valence-corrected chi connectivity index (χ4v) is 3.65. The number of nitrogens with two attached hydrogens (primary N) is 1. The second-order valence-electron chi connectivity index (χ2n) is 6.18. The molecule has 0 radical (unpaired) electrons. The van der Waals surface area contributed by atoms with Gasteiger partial charge in [-0.15, -0.1) is 17.0 Å². The average Bonchev–Trinajstić information content (AvgIpc) is 2.96. The molecule has 3 aromatic carbocycles. The third kappa shape index (κ3) is 4.13. The van der Waals surface area contributed by atoms with Crippen molar-refractivity contribution < 1.29 is 0 Å². The highest BCUT2D eigenvalue weighted by atomic mass is 79.9. The predicted molar refractivity (Wildman–Crippen MR) is 120 cm³/mol. The molecular weight excluding hydrogens is 445 g/mol. The summed E-state index contributed by atoms with van der Waals surface area (Å²) in [6, 6.07) is 22.1. The first-order valence-corrected chi connectivity index (χ1v) is 9.12. The van der Waals surface area contributed by atoms with Crippen LogP contribution in [0.25, 0.3) is 22.2 Å². The lowest BCUT2D eigenvalue weighted by Gasteiger charge is -2.09. The monoisotopic (exact) mass is 461 g/mol. The Bertz CT molecular complexity index is 1080. The summed E-state index contributed by atoms with van der Waals surface area (Å²) >= 11 is 12.3. The number of anilines is 1. The van der Waals surface area contributed by atoms with Crippen LogP contribution in [0.3, 0.4) is 0 Å². The number of hydrogen-bond acceptors (Lipinski definition) is 2. The number of hydrogen-bond donors (Lipinski definition) is 1. The maximum absolute atomic E-state index is 6.29. The van der Waals surface area contributed by atoms with Crippen LogP contribution in [-0.4, -0.2) is 9.55 Å². The molecule has 0 unspecified atom stereocenters. The molecule has 4 aromatic rings. The Morgan fingerprint density at radius 1 is 0.889 bits per heavy atom. The highest BCUT2D eigenvalue weighted by molar-refractivity contribution is 8.93. The van der Waals surface area contributed by atoms with Crippen molar-refractivity contribution in [1.82, 2.24) is 9.55 Å². The van der Waals surface area contributed by atoms with Gasteiger partial charge in [-0.1, -0.05) is 65.7 Å². The summed E-state index contributed by atoms with van der Waals surface area (Å²) in [5, 5.41) is 1.31. The van der Waals surface area contributed by atoms with Gasteiger partial charge in [0.1, 0.15) is 0 Å². The van der Waals surface area contributed by atoms with Crippen molar-refractivity contribution in [3.8, 4) is 11.1 Å². The largest absolute Gasteiger partial charge is 0.369 e. The maximum atomic E-state index is 6.29. The fraction of sp³-hybridized carbons (Fsp3) is 0.0952. The molecule has 1 aromatic heterocycles. The minimum Gasteiger partial charge on any atom is -0.369 e. The summed E-state index contributed by atoms with van der Waals surface area (Å²) in [5.74, 6) is 0.510. The van der Waals surface area contributed by atoms with E-state index < -0.39 is 0 Å². The lowest BCUT2D eigenvalue weighted by Crippen LogP contribution is -2.06. The third-order valence-electron chi connectivity index (χ3n) is 4.50. The summed E-state index contributed by atoms with van der Waals surface area (Å²) in [6.45, 7) is 0.696. The number of imidazole rings is 1. The van der Waals surface area contributed by atoms with E-state index in [0.29, 0.717) is 22.5 Å². The molecule has 0 aliphatic heterocycles. The van der Waals surface area contributed by atoms with Gasteiger partial charge in [-0.3, -0.25) is 0 Å². The van der Waals surface area contributed by atoms with Crippen LogP contribution < -0.4 is 5.73 Å². The van der Waals surface area contributed by atoms with E-state index in [0.717, 1.165) is 28.6 Å². The van der Waals surface area contributed by atoms with E-state index in [4.69, 9.17) is 28.9 Å². The second kappa shape index (κ2) is 8.34. The van der Waals surface area contributed by atoms with Crippen molar-refractivity contribution in [2.75, 3.05) is 5.73 Å². The smallest absolute Gasteiger partial charge is 0.201 e. The first kappa shape index (κ1) is 19.7. The van der Waals surface area contributed by atoms with E-state index in [9.17, 15) is 0 Å². The lowest BCUT2D eigenvalue weighted by atomic mass is 10.1. The number of benzene rings is 3. The van der Waals surface area contributed by atoms with Crippen molar-refractivity contribution in [2.24, 2.45) is 0 Å². The molecule has 6 heteroatoms. The van der Waals surface area contributed by atoms with E-state index in [1.165, 1.54) is 5.56 Å². The SMILES string of the molecule is Br.Nc1nc2ccc(-c3ccccc3)cc2n1CCc1ccc(Cl)cc1Cl. The first-order valence-electron chi connectivity index (χ1n) is 8.37. The van der Waals surface area contributed by atoms with Gasteiger partial charge in [-0.05, 0) is 47.4 Å². The maximum Gasteiger partial charge on any atom is 0.201 e. The van der Waals surface area contributed by atoms with Gasteiger partial charge in [0.2, 0.25) is 5.95 Å². The summed E-state index contributed by atoms with van der Waals surface area (Å²) in [7, 11) is 0. The molecule has 4 rings (SSSR count). The Labute approximate surface area is 178 Å². The summed E-state index contributed by atoms with van der Waals surface area (Å²) in [4.78, 5) is 4.48. The highest BCUT2D eigenvalue weighted by Gasteiger charge is 2.11. The Morgan fingerprint density at radius 2 is 1.67 bits per heavy atom. The Kier molecular flexibility index (Phi) is 6.10. The molecule has 138 valence electrons. The number of aryl methyl sites for hydroxylation is 2. The first-order chi connectivity index (χ1) is 12.6. The molecule has 1 heterocycles. The van der Waals surface area contributed by atoms with Gasteiger partial charge in [0, 0.05) is 16.6 Å². The normalized spacial score (nSPS) is 10.7. The standard InChI is InChI=1S/C21H17Cl2N3.BrH/c22-17-8-6-15(18(23)13-17)10-11-26-20-12-16(14-4-2-1-3-5-14)7-9-19(20)25-21(26)24;/h1-9,12-13H,10-11H2,(H2,24,25);1H. The fourth-order valence-electron chi connectivity index (χ4n) is 3.14. The average molecular weight is 463 g/mol. The summed E-state index contributed by atoms with van der Waals surface area (Å²) in [5.41, 5.74) is 11.4. The van der Waals surface area contributed by atoms with Gasteiger partial charge in [0.05, 0.1) is 11.0 Å². The van der Waals surface area contributed by atoms with Crippen LogP contribution in [0.1, 0.15) is 5.56 Å². The zero-order chi connectivity index (χ0) is 18.1. The van der Waals surface area contributed by atoms with Crippen LogP contribution in [0.15, 0.2) is 66.7 Å². The van der Waals surface area contributed by atoms with Crippen LogP contribution >= 0.6 is 40.2 Å². The molecule has 0 saturated heterocycles. The summed E-state index contributed by atoms with van der Waals surface area (Å²) in [6.07, 6.45) is 0.751. The highest BCUT2D eigenvalue weighted by Crippen LogP contribution is 2.27. The van der Waals surface area contributed by atoms with E-state index in [1.807, 2.05) is 41.0 Å².